The molecule has 0 heterocycles. The lowest BCUT2D eigenvalue weighted by Crippen LogP contribution is -2.61. The average molecular weight is 285 g/mol. The Hall–Kier alpha value is -1.20. The maximum atomic E-state index is 13.1. The molecule has 1 aliphatic rings. The summed E-state index contributed by atoms with van der Waals surface area (Å²) in [6.07, 6.45) is 1.71. The van der Waals surface area contributed by atoms with E-state index in [2.05, 4.69) is 12.2 Å². The fourth-order valence-corrected chi connectivity index (χ4v) is 2.37. The highest BCUT2D eigenvalue weighted by Gasteiger charge is 2.43. The van der Waals surface area contributed by atoms with E-state index in [9.17, 15) is 8.78 Å². The van der Waals surface area contributed by atoms with Gasteiger partial charge in [0.1, 0.15) is 18.0 Å². The van der Waals surface area contributed by atoms with Gasteiger partial charge < -0.3 is 14.8 Å². The number of ether oxygens (including phenoxy) is 2. The number of benzene rings is 1. The molecule has 0 aliphatic heterocycles. The van der Waals surface area contributed by atoms with Gasteiger partial charge in [-0.3, -0.25) is 0 Å². The van der Waals surface area contributed by atoms with Crippen molar-refractivity contribution < 1.29 is 18.3 Å². The predicted molar refractivity (Wildman–Crippen MR) is 72.9 cm³/mol. The topological polar surface area (TPSA) is 30.5 Å². The molecule has 0 spiro atoms. The Bertz CT molecular complexity index is 442. The van der Waals surface area contributed by atoms with Crippen molar-refractivity contribution in [3.63, 3.8) is 0 Å². The Morgan fingerprint density at radius 1 is 1.25 bits per heavy atom. The lowest BCUT2D eigenvalue weighted by atomic mass is 9.85. The van der Waals surface area contributed by atoms with E-state index in [-0.39, 0.29) is 18.2 Å². The minimum atomic E-state index is -0.893. The number of rotatable bonds is 7. The molecule has 0 saturated heterocycles. The van der Waals surface area contributed by atoms with Crippen LogP contribution < -0.4 is 10.1 Å². The van der Waals surface area contributed by atoms with Crippen molar-refractivity contribution in [1.82, 2.24) is 5.32 Å². The van der Waals surface area contributed by atoms with Gasteiger partial charge in [0.15, 0.2) is 11.6 Å². The maximum absolute atomic E-state index is 13.1. The highest BCUT2D eigenvalue weighted by Crippen LogP contribution is 2.29. The molecule has 3 nitrogen and oxygen atoms in total. The molecule has 1 aromatic carbocycles. The Morgan fingerprint density at radius 3 is 2.70 bits per heavy atom. The Morgan fingerprint density at radius 2 is 2.05 bits per heavy atom. The number of hydrogen-bond donors (Lipinski definition) is 1. The van der Waals surface area contributed by atoms with Crippen LogP contribution in [-0.2, 0) is 4.74 Å². The third-order valence-electron chi connectivity index (χ3n) is 3.44. The van der Waals surface area contributed by atoms with Gasteiger partial charge in [0.2, 0.25) is 0 Å². The molecule has 1 N–H and O–H groups in total. The molecule has 20 heavy (non-hydrogen) atoms. The van der Waals surface area contributed by atoms with Crippen LogP contribution >= 0.6 is 0 Å². The first kappa shape index (κ1) is 15.2. The number of hydrogen-bond acceptors (Lipinski definition) is 3. The van der Waals surface area contributed by atoms with E-state index >= 15 is 0 Å². The van der Waals surface area contributed by atoms with Crippen LogP contribution in [0.25, 0.3) is 0 Å². The average Bonchev–Trinajstić information content (AvgIpc) is 2.43. The quantitative estimate of drug-likeness (QED) is 0.835. The van der Waals surface area contributed by atoms with Crippen molar-refractivity contribution in [2.45, 2.75) is 44.9 Å². The summed E-state index contributed by atoms with van der Waals surface area (Å²) in [5.74, 6) is -1.42. The molecule has 112 valence electrons. The fourth-order valence-electron chi connectivity index (χ4n) is 2.37. The van der Waals surface area contributed by atoms with E-state index in [0.717, 1.165) is 31.5 Å². The smallest absolute Gasteiger partial charge is 0.162 e. The van der Waals surface area contributed by atoms with Gasteiger partial charge in [0.05, 0.1) is 0 Å². The van der Waals surface area contributed by atoms with Crippen LogP contribution in [0.5, 0.6) is 5.75 Å². The maximum Gasteiger partial charge on any atom is 0.162 e. The summed E-state index contributed by atoms with van der Waals surface area (Å²) in [6.45, 7) is 5.58. The second kappa shape index (κ2) is 6.99. The summed E-state index contributed by atoms with van der Waals surface area (Å²) < 4.78 is 37.4. The predicted octanol–water partition coefficient (Wildman–Crippen LogP) is 2.89. The van der Waals surface area contributed by atoms with Crippen molar-refractivity contribution in [3.8, 4) is 5.75 Å². The highest BCUT2D eigenvalue weighted by atomic mass is 19.2. The zero-order valence-corrected chi connectivity index (χ0v) is 11.9. The summed E-state index contributed by atoms with van der Waals surface area (Å²) >= 11 is 0. The first-order valence-corrected chi connectivity index (χ1v) is 7.12. The minimum absolute atomic E-state index is 0.0420. The molecule has 0 bridgehead atoms. The van der Waals surface area contributed by atoms with Crippen LogP contribution in [0.4, 0.5) is 8.78 Å². The second-order valence-corrected chi connectivity index (χ2v) is 4.95. The van der Waals surface area contributed by atoms with Crippen molar-refractivity contribution in [1.29, 1.82) is 0 Å². The zero-order chi connectivity index (χ0) is 14.5. The van der Waals surface area contributed by atoms with E-state index in [1.54, 1.807) is 0 Å². The molecule has 5 heteroatoms. The van der Waals surface area contributed by atoms with E-state index < -0.39 is 11.6 Å². The fraction of sp³-hybridized carbons (Fsp3) is 0.600. The Balaban J connectivity index is 1.93. The van der Waals surface area contributed by atoms with Crippen molar-refractivity contribution in [2.24, 2.45) is 0 Å². The van der Waals surface area contributed by atoms with Crippen molar-refractivity contribution >= 4 is 0 Å². The van der Waals surface area contributed by atoms with Gasteiger partial charge in [-0.05, 0) is 32.0 Å². The van der Waals surface area contributed by atoms with Crippen LogP contribution in [0.1, 0.15) is 26.7 Å². The van der Waals surface area contributed by atoms with Crippen LogP contribution in [0.2, 0.25) is 0 Å². The third-order valence-corrected chi connectivity index (χ3v) is 3.44. The van der Waals surface area contributed by atoms with Crippen LogP contribution in [0, 0.1) is 11.6 Å². The van der Waals surface area contributed by atoms with Gasteiger partial charge in [-0.15, -0.1) is 0 Å². The van der Waals surface area contributed by atoms with Crippen LogP contribution in [-0.4, -0.2) is 31.4 Å². The monoisotopic (exact) mass is 285 g/mol. The molecule has 1 fully saturated rings. The van der Waals surface area contributed by atoms with Gasteiger partial charge in [-0.2, -0.15) is 0 Å². The van der Waals surface area contributed by atoms with Gasteiger partial charge in [-0.25, -0.2) is 8.78 Å². The highest BCUT2D eigenvalue weighted by molar-refractivity contribution is 5.24. The van der Waals surface area contributed by atoms with Gasteiger partial charge in [-0.1, -0.05) is 6.92 Å². The first-order valence-electron chi connectivity index (χ1n) is 7.12. The summed E-state index contributed by atoms with van der Waals surface area (Å²) in [5.41, 5.74) is 0. The number of nitrogens with one attached hydrogen (secondary N) is 1. The van der Waals surface area contributed by atoms with Gasteiger partial charge in [0, 0.05) is 25.1 Å². The zero-order valence-electron chi connectivity index (χ0n) is 11.9. The third kappa shape index (κ3) is 3.46. The van der Waals surface area contributed by atoms with E-state index in [4.69, 9.17) is 9.47 Å². The Labute approximate surface area is 118 Å². The molecule has 3 atom stereocenters. The largest absolute Gasteiger partial charge is 0.487 e. The summed E-state index contributed by atoms with van der Waals surface area (Å²) in [6, 6.07) is 3.86. The van der Waals surface area contributed by atoms with Crippen LogP contribution in [0.3, 0.4) is 0 Å². The second-order valence-electron chi connectivity index (χ2n) is 4.95. The molecule has 3 unspecified atom stereocenters. The lowest BCUT2D eigenvalue weighted by Gasteiger charge is -2.44. The van der Waals surface area contributed by atoms with Gasteiger partial charge in [0.25, 0.3) is 0 Å². The minimum Gasteiger partial charge on any atom is -0.487 e. The molecule has 1 aromatic rings. The summed E-state index contributed by atoms with van der Waals surface area (Å²) in [7, 11) is 0. The van der Waals surface area contributed by atoms with E-state index in [1.807, 2.05) is 6.92 Å². The molecule has 0 aromatic heterocycles. The molecule has 0 amide bonds. The van der Waals surface area contributed by atoms with E-state index in [0.29, 0.717) is 12.4 Å². The first-order chi connectivity index (χ1) is 9.65. The van der Waals surface area contributed by atoms with Gasteiger partial charge >= 0.3 is 0 Å². The molecule has 1 aliphatic carbocycles. The number of halogens is 2. The standard InChI is InChI=1S/C15H21F2NO2/c1-3-7-18-13-9-14(15(13)19-4-2)20-10-5-6-11(16)12(17)8-10/h5-6,8,13-15,18H,3-4,7,9H2,1-2H3. The van der Waals surface area contributed by atoms with Crippen molar-refractivity contribution in [3.05, 3.63) is 29.8 Å². The van der Waals surface area contributed by atoms with Crippen molar-refractivity contribution in [2.75, 3.05) is 13.2 Å². The molecular formula is C15H21F2NO2. The molecule has 0 radical (unpaired) electrons. The lowest BCUT2D eigenvalue weighted by molar-refractivity contribution is -0.104. The summed E-state index contributed by atoms with van der Waals surface area (Å²) in [4.78, 5) is 0. The van der Waals surface area contributed by atoms with E-state index in [1.165, 1.54) is 6.07 Å². The molecular weight excluding hydrogens is 264 g/mol. The molecule has 2 rings (SSSR count). The van der Waals surface area contributed by atoms with Crippen LogP contribution in [0.15, 0.2) is 18.2 Å². The summed E-state index contributed by atoms with van der Waals surface area (Å²) in [5, 5.41) is 3.40. The SMILES string of the molecule is CCCNC1CC(Oc2ccc(F)c(F)c2)C1OCC. The Kier molecular flexibility index (Phi) is 5.31. The molecule has 1 saturated carbocycles. The normalized spacial score (nSPS) is 25.3.